The highest BCUT2D eigenvalue weighted by Gasteiger charge is 2.28. The number of allylic oxidation sites excluding steroid dienone is 1. The lowest BCUT2D eigenvalue weighted by molar-refractivity contribution is 0.0376. The number of hydrogen-bond acceptors (Lipinski definition) is 7. The van der Waals surface area contributed by atoms with Crippen molar-refractivity contribution < 1.29 is 23.4 Å². The van der Waals surface area contributed by atoms with E-state index >= 15 is 0 Å². The van der Waals surface area contributed by atoms with E-state index in [-0.39, 0.29) is 23.0 Å². The number of aromatic hydroxyl groups is 1. The maximum absolute atomic E-state index is 13.2. The topological polar surface area (TPSA) is 97.0 Å². The lowest BCUT2D eigenvalue weighted by Crippen LogP contribution is -2.12. The summed E-state index contributed by atoms with van der Waals surface area (Å²) in [6.07, 6.45) is 4.40. The summed E-state index contributed by atoms with van der Waals surface area (Å²) in [7, 11) is 0. The Morgan fingerprint density at radius 3 is 2.77 bits per heavy atom. The van der Waals surface area contributed by atoms with E-state index in [1.54, 1.807) is 38.4 Å². The molecule has 30 heavy (non-hydrogen) atoms. The van der Waals surface area contributed by atoms with Crippen molar-refractivity contribution in [3.8, 4) is 5.75 Å². The Kier molecular flexibility index (Phi) is 5.05. The molecule has 2 aromatic heterocycles. The molecule has 0 amide bonds. The van der Waals surface area contributed by atoms with E-state index in [2.05, 4.69) is 15.3 Å². The number of rotatable bonds is 5. The van der Waals surface area contributed by atoms with Gasteiger partial charge in [-0.1, -0.05) is 0 Å². The van der Waals surface area contributed by atoms with Crippen molar-refractivity contribution in [3.05, 3.63) is 65.3 Å². The zero-order valence-corrected chi connectivity index (χ0v) is 16.2. The number of hydrogen-bond donors (Lipinski definition) is 2. The molecule has 1 aliphatic rings. The Morgan fingerprint density at radius 2 is 2.03 bits per heavy atom. The molecule has 3 aromatic rings. The average molecular weight is 407 g/mol. The van der Waals surface area contributed by atoms with Gasteiger partial charge in [-0.25, -0.2) is 19.2 Å². The number of nitrogens with zero attached hydrogens (tertiary/aromatic N) is 2. The number of carbonyl (C=O) groups is 1. The summed E-state index contributed by atoms with van der Waals surface area (Å²) in [5.41, 5.74) is 1.76. The first-order chi connectivity index (χ1) is 14.4. The largest absolute Gasteiger partial charge is 0.504 e. The molecular weight excluding hydrogens is 389 g/mol. The maximum atomic E-state index is 13.2. The second kappa shape index (κ2) is 7.82. The van der Waals surface area contributed by atoms with Crippen molar-refractivity contribution in [2.75, 3.05) is 5.32 Å². The zero-order valence-electron chi connectivity index (χ0n) is 16.2. The predicted molar refractivity (Wildman–Crippen MR) is 111 cm³/mol. The summed E-state index contributed by atoms with van der Waals surface area (Å²) in [6, 6.07) is 9.10. The molecule has 7 nitrogen and oxygen atoms in total. The number of anilines is 2. The van der Waals surface area contributed by atoms with Gasteiger partial charge in [0, 0.05) is 29.2 Å². The van der Waals surface area contributed by atoms with E-state index in [0.29, 0.717) is 17.1 Å². The van der Waals surface area contributed by atoms with E-state index in [1.165, 1.54) is 24.3 Å². The fraction of sp³-hybridized carbons (Fsp3) is 0.136. The van der Waals surface area contributed by atoms with Crippen LogP contribution in [0.2, 0.25) is 0 Å². The molecule has 0 atom stereocenters. The number of pyridine rings is 1. The van der Waals surface area contributed by atoms with Gasteiger partial charge in [-0.15, -0.1) is 0 Å². The molecule has 2 N–H and O–H groups in total. The summed E-state index contributed by atoms with van der Waals surface area (Å²) in [6.45, 7) is 3.40. The highest BCUT2D eigenvalue weighted by molar-refractivity contribution is 6.21. The third kappa shape index (κ3) is 3.80. The van der Waals surface area contributed by atoms with Crippen molar-refractivity contribution in [1.29, 1.82) is 0 Å². The summed E-state index contributed by atoms with van der Waals surface area (Å²) < 4.78 is 24.2. The monoisotopic (exact) mass is 407 g/mol. The van der Waals surface area contributed by atoms with Crippen molar-refractivity contribution >= 4 is 41.2 Å². The molecule has 0 saturated carbocycles. The number of halogens is 1. The highest BCUT2D eigenvalue weighted by atomic mass is 19.1. The number of carbonyl (C=O) groups excluding carboxylic acids is 1. The first-order valence-electron chi connectivity index (χ1n) is 9.23. The molecule has 3 heterocycles. The van der Waals surface area contributed by atoms with Crippen LogP contribution in [0.3, 0.4) is 0 Å². The minimum atomic E-state index is -0.748. The van der Waals surface area contributed by atoms with Crippen LogP contribution in [-0.4, -0.2) is 28.4 Å². The number of ether oxygens (including phenoxy) is 1. The molecular formula is C22H18FN3O4. The fourth-order valence-electron chi connectivity index (χ4n) is 2.93. The van der Waals surface area contributed by atoms with Crippen LogP contribution in [0.1, 0.15) is 35.5 Å². The Balaban J connectivity index is 1.76. The van der Waals surface area contributed by atoms with E-state index < -0.39 is 17.9 Å². The number of furan rings is 1. The van der Waals surface area contributed by atoms with Crippen LogP contribution >= 0.6 is 0 Å². The Morgan fingerprint density at radius 1 is 1.27 bits per heavy atom. The van der Waals surface area contributed by atoms with Gasteiger partial charge in [0.2, 0.25) is 5.88 Å². The minimum Gasteiger partial charge on any atom is -0.504 e. The van der Waals surface area contributed by atoms with Crippen LogP contribution in [0.4, 0.5) is 21.8 Å². The van der Waals surface area contributed by atoms with Gasteiger partial charge in [0.25, 0.3) is 0 Å². The average Bonchev–Trinajstić information content (AvgIpc) is 3.25. The minimum absolute atomic E-state index is 0.0158. The summed E-state index contributed by atoms with van der Waals surface area (Å²) in [5, 5.41) is 13.6. The predicted octanol–water partition coefficient (Wildman–Crippen LogP) is 5.08. The third-order valence-corrected chi connectivity index (χ3v) is 4.27. The van der Waals surface area contributed by atoms with Crippen LogP contribution < -0.4 is 5.32 Å². The molecule has 0 spiro atoms. The quantitative estimate of drug-likeness (QED) is 0.572. The number of nitrogens with one attached hydrogen (secondary N) is 1. The standard InChI is InChI=1S/C22H18FN3O4/c1-12(2)29-22(28)18-19(27)17(10-13-11-25-20-16(13)4-3-9-24-20)30-21(18)26-15-7-5-14(23)6-8-15/h3-12,26-27H,1-2H3. The summed E-state index contributed by atoms with van der Waals surface area (Å²) in [5.74, 6) is -0.933. The van der Waals surface area contributed by atoms with E-state index in [9.17, 15) is 14.3 Å². The van der Waals surface area contributed by atoms with E-state index in [1.807, 2.05) is 6.07 Å². The molecule has 0 aliphatic carbocycles. The van der Waals surface area contributed by atoms with Gasteiger partial charge in [-0.2, -0.15) is 0 Å². The van der Waals surface area contributed by atoms with Gasteiger partial charge in [-0.05, 0) is 56.3 Å². The Hall–Kier alpha value is -3.94. The lowest BCUT2D eigenvalue weighted by atomic mass is 10.1. The number of fused-ring (bicyclic) bond motifs is 1. The van der Waals surface area contributed by atoms with Crippen LogP contribution in [0.5, 0.6) is 5.75 Å². The second-order valence-electron chi connectivity index (χ2n) is 6.84. The molecule has 8 heteroatoms. The Bertz CT molecular complexity index is 1160. The third-order valence-electron chi connectivity index (χ3n) is 4.27. The number of benzene rings is 1. The first kappa shape index (κ1) is 19.4. The Labute approximate surface area is 171 Å². The lowest BCUT2D eigenvalue weighted by Gasteiger charge is -2.09. The second-order valence-corrected chi connectivity index (χ2v) is 6.84. The first-order valence-corrected chi connectivity index (χ1v) is 9.23. The summed E-state index contributed by atoms with van der Waals surface area (Å²) >= 11 is 0. The van der Waals surface area contributed by atoms with Crippen LogP contribution in [-0.2, 0) is 4.74 Å². The smallest absolute Gasteiger partial charge is 0.347 e. The van der Waals surface area contributed by atoms with Gasteiger partial charge in [0.05, 0.1) is 6.10 Å². The van der Waals surface area contributed by atoms with Gasteiger partial charge >= 0.3 is 5.97 Å². The van der Waals surface area contributed by atoms with Gasteiger partial charge in [-0.3, -0.25) is 0 Å². The number of aromatic nitrogens is 1. The van der Waals surface area contributed by atoms with Crippen molar-refractivity contribution in [3.63, 3.8) is 0 Å². The van der Waals surface area contributed by atoms with Crippen molar-refractivity contribution in [1.82, 2.24) is 4.98 Å². The maximum Gasteiger partial charge on any atom is 0.347 e. The molecule has 4 rings (SSSR count). The molecule has 0 fully saturated rings. The van der Waals surface area contributed by atoms with Crippen LogP contribution in [0, 0.1) is 5.82 Å². The zero-order chi connectivity index (χ0) is 21.3. The van der Waals surface area contributed by atoms with Crippen LogP contribution in [0.15, 0.2) is 52.0 Å². The number of aliphatic imine (C=N–C) groups is 1. The highest BCUT2D eigenvalue weighted by Crippen LogP contribution is 2.39. The molecule has 0 bridgehead atoms. The van der Waals surface area contributed by atoms with Gasteiger partial charge < -0.3 is 19.6 Å². The normalized spacial score (nSPS) is 13.7. The fourth-order valence-corrected chi connectivity index (χ4v) is 2.93. The summed E-state index contributed by atoms with van der Waals surface area (Å²) in [4.78, 5) is 21.0. The molecule has 0 saturated heterocycles. The van der Waals surface area contributed by atoms with Crippen molar-refractivity contribution in [2.24, 2.45) is 4.99 Å². The molecule has 1 aliphatic heterocycles. The van der Waals surface area contributed by atoms with Gasteiger partial charge in [0.15, 0.2) is 22.9 Å². The van der Waals surface area contributed by atoms with E-state index in [0.717, 1.165) is 5.56 Å². The molecule has 152 valence electrons. The molecule has 0 unspecified atom stereocenters. The van der Waals surface area contributed by atoms with Crippen molar-refractivity contribution in [2.45, 2.75) is 20.0 Å². The van der Waals surface area contributed by atoms with E-state index in [4.69, 9.17) is 9.15 Å². The molecule has 0 radical (unpaired) electrons. The SMILES string of the molecule is CC(C)OC(=O)c1c(Nc2ccc(F)cc2)oc(C=C2C=Nc3ncccc32)c1O. The molecule has 1 aromatic carbocycles. The van der Waals surface area contributed by atoms with Gasteiger partial charge in [0.1, 0.15) is 5.82 Å². The van der Waals surface area contributed by atoms with Crippen LogP contribution in [0.25, 0.3) is 11.6 Å². The number of esters is 1.